The van der Waals surface area contributed by atoms with E-state index in [4.69, 9.17) is 0 Å². The maximum absolute atomic E-state index is 11.7. The van der Waals surface area contributed by atoms with Gasteiger partial charge in [-0.15, -0.1) is 0 Å². The molecule has 18 heavy (non-hydrogen) atoms. The topological polar surface area (TPSA) is 45.2 Å². The van der Waals surface area contributed by atoms with Gasteiger partial charge in [0.2, 0.25) is 5.91 Å². The van der Waals surface area contributed by atoms with Crippen LogP contribution in [-0.2, 0) is 4.79 Å². The van der Waals surface area contributed by atoms with E-state index >= 15 is 0 Å². The SMILES string of the molecule is Cc1ccc(N2CC(=O)Nc3cccnc32)cc1. The van der Waals surface area contributed by atoms with E-state index in [9.17, 15) is 4.79 Å². The van der Waals surface area contributed by atoms with Crippen LogP contribution in [-0.4, -0.2) is 17.4 Å². The molecule has 0 saturated heterocycles. The number of aryl methyl sites for hydroxylation is 1. The first-order valence-corrected chi connectivity index (χ1v) is 5.83. The zero-order chi connectivity index (χ0) is 12.5. The molecule has 0 atom stereocenters. The van der Waals surface area contributed by atoms with Gasteiger partial charge in [0.1, 0.15) is 6.54 Å². The number of anilines is 3. The van der Waals surface area contributed by atoms with Gasteiger partial charge >= 0.3 is 0 Å². The molecule has 3 rings (SSSR count). The summed E-state index contributed by atoms with van der Waals surface area (Å²) in [5, 5.41) is 2.83. The molecule has 0 spiro atoms. The van der Waals surface area contributed by atoms with Crippen LogP contribution in [0.5, 0.6) is 0 Å². The molecule has 1 amide bonds. The van der Waals surface area contributed by atoms with Gasteiger partial charge in [0, 0.05) is 11.9 Å². The number of benzene rings is 1. The monoisotopic (exact) mass is 239 g/mol. The van der Waals surface area contributed by atoms with Crippen LogP contribution < -0.4 is 10.2 Å². The Morgan fingerprint density at radius 1 is 1.22 bits per heavy atom. The van der Waals surface area contributed by atoms with Gasteiger partial charge in [0.25, 0.3) is 0 Å². The second kappa shape index (κ2) is 4.14. The molecule has 0 unspecified atom stereocenters. The summed E-state index contributed by atoms with van der Waals surface area (Å²) in [6, 6.07) is 11.8. The van der Waals surface area contributed by atoms with Crippen LogP contribution in [0.25, 0.3) is 0 Å². The minimum atomic E-state index is -0.0175. The van der Waals surface area contributed by atoms with Gasteiger partial charge in [-0.2, -0.15) is 0 Å². The molecule has 2 aromatic rings. The van der Waals surface area contributed by atoms with E-state index in [1.54, 1.807) is 6.20 Å². The lowest BCUT2D eigenvalue weighted by Gasteiger charge is -2.29. The Balaban J connectivity index is 2.07. The number of nitrogens with one attached hydrogen (secondary N) is 1. The van der Waals surface area contributed by atoms with E-state index in [0.29, 0.717) is 6.54 Å². The van der Waals surface area contributed by atoms with E-state index in [1.165, 1.54) is 5.56 Å². The predicted octanol–water partition coefficient (Wildman–Crippen LogP) is 2.48. The van der Waals surface area contributed by atoms with Crippen molar-refractivity contribution in [1.82, 2.24) is 4.98 Å². The predicted molar refractivity (Wildman–Crippen MR) is 71.1 cm³/mol. The Kier molecular flexibility index (Phi) is 2.48. The zero-order valence-corrected chi connectivity index (χ0v) is 10.1. The minimum absolute atomic E-state index is 0.0175. The van der Waals surface area contributed by atoms with Crippen LogP contribution in [0.4, 0.5) is 17.2 Å². The Labute approximate surface area is 105 Å². The van der Waals surface area contributed by atoms with Gasteiger partial charge in [0.05, 0.1) is 5.69 Å². The van der Waals surface area contributed by atoms with E-state index in [-0.39, 0.29) is 5.91 Å². The summed E-state index contributed by atoms with van der Waals surface area (Å²) in [6.45, 7) is 2.34. The minimum Gasteiger partial charge on any atom is -0.321 e. The fraction of sp³-hybridized carbons (Fsp3) is 0.143. The highest BCUT2D eigenvalue weighted by molar-refractivity contribution is 6.02. The van der Waals surface area contributed by atoms with Gasteiger partial charge in [-0.05, 0) is 31.2 Å². The molecule has 1 aromatic carbocycles. The van der Waals surface area contributed by atoms with Crippen molar-refractivity contribution in [3.8, 4) is 0 Å². The summed E-state index contributed by atoms with van der Waals surface area (Å²) >= 11 is 0. The Morgan fingerprint density at radius 2 is 2.00 bits per heavy atom. The largest absolute Gasteiger partial charge is 0.321 e. The quantitative estimate of drug-likeness (QED) is 0.831. The third-order valence-electron chi connectivity index (χ3n) is 2.96. The summed E-state index contributed by atoms with van der Waals surface area (Å²) in [7, 11) is 0. The Bertz CT molecular complexity index is 592. The van der Waals surface area contributed by atoms with E-state index in [1.807, 2.05) is 48.2 Å². The summed E-state index contributed by atoms with van der Waals surface area (Å²) in [5.41, 5.74) is 2.94. The maximum Gasteiger partial charge on any atom is 0.244 e. The molecule has 0 radical (unpaired) electrons. The van der Waals surface area contributed by atoms with Crippen molar-refractivity contribution >= 4 is 23.1 Å². The highest BCUT2D eigenvalue weighted by atomic mass is 16.2. The number of amides is 1. The van der Waals surface area contributed by atoms with Crippen LogP contribution in [0.2, 0.25) is 0 Å². The maximum atomic E-state index is 11.7. The molecular weight excluding hydrogens is 226 g/mol. The molecular formula is C14H13N3O. The number of fused-ring (bicyclic) bond motifs is 1. The van der Waals surface area contributed by atoms with Crippen molar-refractivity contribution in [3.05, 3.63) is 48.2 Å². The van der Waals surface area contributed by atoms with Crippen molar-refractivity contribution in [3.63, 3.8) is 0 Å². The average molecular weight is 239 g/mol. The standard InChI is InChI=1S/C14H13N3O/c1-10-4-6-11(7-5-10)17-9-13(18)16-12-3-2-8-15-14(12)17/h2-8H,9H2,1H3,(H,16,18). The fourth-order valence-corrected chi connectivity index (χ4v) is 2.06. The van der Waals surface area contributed by atoms with Crippen molar-refractivity contribution in [1.29, 1.82) is 0 Å². The number of carbonyl (C=O) groups is 1. The van der Waals surface area contributed by atoms with E-state index in [0.717, 1.165) is 17.2 Å². The normalized spacial score (nSPS) is 14.1. The number of hydrogen-bond donors (Lipinski definition) is 1. The van der Waals surface area contributed by atoms with E-state index < -0.39 is 0 Å². The molecule has 1 aliphatic heterocycles. The van der Waals surface area contributed by atoms with E-state index in [2.05, 4.69) is 10.3 Å². The van der Waals surface area contributed by atoms with Crippen LogP contribution in [0.15, 0.2) is 42.6 Å². The summed E-state index contributed by atoms with van der Waals surface area (Å²) < 4.78 is 0. The average Bonchev–Trinajstić information content (AvgIpc) is 2.38. The number of carbonyl (C=O) groups excluding carboxylic acids is 1. The summed E-state index contributed by atoms with van der Waals surface area (Å²) in [6.07, 6.45) is 1.73. The molecule has 4 nitrogen and oxygen atoms in total. The molecule has 1 aromatic heterocycles. The van der Waals surface area contributed by atoms with Crippen LogP contribution in [0.3, 0.4) is 0 Å². The number of aromatic nitrogens is 1. The number of nitrogens with zero attached hydrogens (tertiary/aromatic N) is 2. The van der Waals surface area contributed by atoms with Gasteiger partial charge in [0.15, 0.2) is 5.82 Å². The summed E-state index contributed by atoms with van der Waals surface area (Å²) in [5.74, 6) is 0.775. The lowest BCUT2D eigenvalue weighted by atomic mass is 10.2. The second-order valence-corrected chi connectivity index (χ2v) is 4.34. The Morgan fingerprint density at radius 3 is 2.78 bits per heavy atom. The molecule has 2 heterocycles. The lowest BCUT2D eigenvalue weighted by molar-refractivity contribution is -0.115. The van der Waals surface area contributed by atoms with Crippen molar-refractivity contribution in [2.75, 3.05) is 16.8 Å². The molecule has 0 bridgehead atoms. The van der Waals surface area contributed by atoms with Crippen molar-refractivity contribution in [2.45, 2.75) is 6.92 Å². The first kappa shape index (κ1) is 10.8. The lowest BCUT2D eigenvalue weighted by Crippen LogP contribution is -2.35. The van der Waals surface area contributed by atoms with Crippen LogP contribution >= 0.6 is 0 Å². The number of pyridine rings is 1. The zero-order valence-electron chi connectivity index (χ0n) is 10.1. The summed E-state index contributed by atoms with van der Waals surface area (Å²) in [4.78, 5) is 18.0. The molecule has 0 fully saturated rings. The van der Waals surface area contributed by atoms with Crippen molar-refractivity contribution in [2.24, 2.45) is 0 Å². The smallest absolute Gasteiger partial charge is 0.244 e. The third kappa shape index (κ3) is 1.82. The van der Waals surface area contributed by atoms with Gasteiger partial charge < -0.3 is 10.2 Å². The van der Waals surface area contributed by atoms with Gasteiger partial charge in [-0.1, -0.05) is 17.7 Å². The second-order valence-electron chi connectivity index (χ2n) is 4.34. The molecule has 1 N–H and O–H groups in total. The number of rotatable bonds is 1. The first-order valence-electron chi connectivity index (χ1n) is 5.83. The number of hydrogen-bond acceptors (Lipinski definition) is 3. The van der Waals surface area contributed by atoms with Crippen LogP contribution in [0, 0.1) is 6.92 Å². The molecule has 0 saturated carbocycles. The Hall–Kier alpha value is -2.36. The molecule has 1 aliphatic rings. The van der Waals surface area contributed by atoms with Crippen molar-refractivity contribution < 1.29 is 4.79 Å². The fourth-order valence-electron chi connectivity index (χ4n) is 2.06. The third-order valence-corrected chi connectivity index (χ3v) is 2.96. The highest BCUT2D eigenvalue weighted by Crippen LogP contribution is 2.32. The van der Waals surface area contributed by atoms with Crippen LogP contribution in [0.1, 0.15) is 5.56 Å². The van der Waals surface area contributed by atoms with Gasteiger partial charge in [-0.25, -0.2) is 4.98 Å². The highest BCUT2D eigenvalue weighted by Gasteiger charge is 2.23. The molecule has 4 heteroatoms. The molecule has 90 valence electrons. The van der Waals surface area contributed by atoms with Gasteiger partial charge in [-0.3, -0.25) is 4.79 Å². The first-order chi connectivity index (χ1) is 8.74. The molecule has 0 aliphatic carbocycles.